The molecule has 0 saturated carbocycles. The van der Waals surface area contributed by atoms with Crippen LogP contribution in [0.15, 0.2) is 267 Å². The molecule has 0 radical (unpaired) electrons. The maximum atomic E-state index is 6.87. The number of para-hydroxylation sites is 2. The van der Waals surface area contributed by atoms with Crippen LogP contribution in [0.4, 0.5) is 0 Å². The Morgan fingerprint density at radius 2 is 0.611 bits per heavy atom. The number of benzene rings is 10. The average Bonchev–Trinajstić information content (AvgIpc) is 1.65. The molecular formula is C118H116N10O2Pt. The van der Waals surface area contributed by atoms with Gasteiger partial charge in [-0.2, -0.15) is 6.07 Å². The first-order chi connectivity index (χ1) is 61.5. The van der Waals surface area contributed by atoms with Gasteiger partial charge in [0.1, 0.15) is 28.8 Å². The first-order valence-corrected chi connectivity index (χ1v) is 45.7. The molecule has 0 aliphatic heterocycles. The second-order valence-electron chi connectivity index (χ2n) is 43.7. The van der Waals surface area contributed by atoms with Gasteiger partial charge in [-0.05, 0) is 233 Å². The molecule has 10 aromatic heterocycles. The van der Waals surface area contributed by atoms with E-state index in [9.17, 15) is 0 Å². The van der Waals surface area contributed by atoms with Crippen LogP contribution >= 0.6 is 0 Å². The van der Waals surface area contributed by atoms with Crippen molar-refractivity contribution in [3.63, 3.8) is 0 Å². The van der Waals surface area contributed by atoms with Gasteiger partial charge in [-0.15, -0.1) is 23.6 Å². The van der Waals surface area contributed by atoms with Crippen LogP contribution in [-0.4, -0.2) is 47.8 Å². The van der Waals surface area contributed by atoms with E-state index in [0.717, 1.165) is 161 Å². The van der Waals surface area contributed by atoms with Crippen molar-refractivity contribution in [3.05, 3.63) is 324 Å². The summed E-state index contributed by atoms with van der Waals surface area (Å²) >= 11 is 0. The molecule has 13 heteroatoms. The largest absolute Gasteiger partial charge is 2.00 e. The third kappa shape index (κ3) is 16.5. The summed E-state index contributed by atoms with van der Waals surface area (Å²) in [5.41, 5.74) is 27.5. The molecule has 10 aromatic carbocycles. The molecule has 0 saturated heterocycles. The van der Waals surface area contributed by atoms with Gasteiger partial charge in [0.15, 0.2) is 0 Å². The Bertz CT molecular complexity index is 7330. The molecule has 20 aromatic rings. The maximum absolute atomic E-state index is 6.87. The Morgan fingerprint density at radius 1 is 0.260 bits per heavy atom. The van der Waals surface area contributed by atoms with E-state index in [1.165, 1.54) is 49.9 Å². The summed E-state index contributed by atoms with van der Waals surface area (Å²) in [5.74, 6) is 4.28. The molecule has 12 nitrogen and oxygen atoms in total. The van der Waals surface area contributed by atoms with Gasteiger partial charge < -0.3 is 18.4 Å². The second kappa shape index (κ2) is 32.3. The number of hydrogen-bond acceptors (Lipinski definition) is 8. The fraction of sp³-hybridized carbons (Fsp3) is 0.271. The fourth-order valence-corrected chi connectivity index (χ4v) is 18.2. The third-order valence-electron chi connectivity index (χ3n) is 25.9. The van der Waals surface area contributed by atoms with Gasteiger partial charge in [-0.25, -0.2) is 15.0 Å². The van der Waals surface area contributed by atoms with Gasteiger partial charge in [-0.3, -0.25) is 23.9 Å². The van der Waals surface area contributed by atoms with E-state index < -0.39 is 0 Å². The molecule has 0 aliphatic rings. The van der Waals surface area contributed by atoms with Gasteiger partial charge >= 0.3 is 21.1 Å². The van der Waals surface area contributed by atoms with Crippen LogP contribution in [-0.2, 0) is 64.4 Å². The number of rotatable bonds is 10. The molecule has 0 atom stereocenters. The summed E-state index contributed by atoms with van der Waals surface area (Å²) in [6, 6.07) is 94.1. The molecule has 20 rings (SSSR count). The number of pyridine rings is 6. The smallest absolute Gasteiger partial charge is 0.503 e. The number of nitrogens with zero attached hydrogens (tertiary/aromatic N) is 10. The van der Waals surface area contributed by atoms with Crippen LogP contribution in [0.2, 0.25) is 0 Å². The Morgan fingerprint density at radius 3 is 1.07 bits per heavy atom. The van der Waals surface area contributed by atoms with Crippen LogP contribution in [0.3, 0.4) is 0 Å². The van der Waals surface area contributed by atoms with E-state index in [4.69, 9.17) is 39.4 Å². The van der Waals surface area contributed by atoms with Crippen molar-refractivity contribution in [2.24, 2.45) is 0 Å². The molecule has 0 N–H and O–H groups in total. The van der Waals surface area contributed by atoms with Crippen molar-refractivity contribution in [2.45, 2.75) is 209 Å². The molecule has 0 spiro atoms. The molecule has 0 bridgehead atoms. The van der Waals surface area contributed by atoms with E-state index in [1.807, 2.05) is 85.5 Å². The monoisotopic (exact) mass is 1900 g/mol. The Balaban J connectivity index is 0.000000175. The molecule has 0 unspecified atom stereocenters. The normalized spacial score (nSPS) is 12.8. The fourth-order valence-electron chi connectivity index (χ4n) is 18.2. The summed E-state index contributed by atoms with van der Waals surface area (Å²) in [6.45, 7) is 55.2. The van der Waals surface area contributed by atoms with E-state index in [-0.39, 0.29) is 64.4 Å². The van der Waals surface area contributed by atoms with E-state index in [2.05, 4.69) is 378 Å². The maximum Gasteiger partial charge on any atom is 2.00 e. The van der Waals surface area contributed by atoms with Gasteiger partial charge in [0.2, 0.25) is 0 Å². The third-order valence-corrected chi connectivity index (χ3v) is 25.9. The van der Waals surface area contributed by atoms with Crippen molar-refractivity contribution in [1.82, 2.24) is 47.8 Å². The topological polar surface area (TPSA) is 114 Å². The van der Waals surface area contributed by atoms with Crippen LogP contribution in [0.1, 0.15) is 211 Å². The summed E-state index contributed by atoms with van der Waals surface area (Å²) < 4.78 is 22.7. The van der Waals surface area contributed by atoms with Gasteiger partial charge in [0, 0.05) is 91.7 Å². The molecule has 660 valence electrons. The predicted octanol–water partition coefficient (Wildman–Crippen LogP) is 31.3. The molecule has 0 aliphatic carbocycles. The van der Waals surface area contributed by atoms with E-state index in [1.54, 1.807) is 0 Å². The minimum absolute atomic E-state index is 0. The minimum atomic E-state index is -0.0927. The van der Waals surface area contributed by atoms with Gasteiger partial charge in [0.05, 0.1) is 61.5 Å². The summed E-state index contributed by atoms with van der Waals surface area (Å²) in [4.78, 5) is 31.2. The molecule has 0 amide bonds. The first-order valence-electron chi connectivity index (χ1n) is 45.7. The predicted molar refractivity (Wildman–Crippen MR) is 542 cm³/mol. The standard InChI is InChI=1S/C59H59N5O.C59H57N5O.Pt/c2*1-56(2,3)38-28-36(29-39(32-38)57(4,5)6)52-54(37-30-40(58(7,8)9)33-41(31-37)59(10,11)12)64-49-20-17-27-61-53(49)46-25-23-42(34-47(46)55(64)62-52)65-43-22-24-45-44-18-13-14-19-48(44)63(50(45)35-43)51-21-15-16-26-60-51;/h13-35H,1-12H3;13-33H,1-12H3;/q;-2;+2. The summed E-state index contributed by atoms with van der Waals surface area (Å²) in [5, 5.41) is 8.29. The number of imidazole rings is 2. The van der Waals surface area contributed by atoms with Crippen LogP contribution < -0.4 is 9.47 Å². The number of ether oxygens (including phenoxy) is 2. The molecular weight excluding hydrogens is 1780 g/mol. The Hall–Kier alpha value is -12.9. The van der Waals surface area contributed by atoms with E-state index in [0.29, 0.717) is 11.5 Å². The SMILES string of the molecule is CC(C)(C)c1cc(-c2nc3c4[c-]c(Oc5[c-]c6c(cc5)c5ccccc5n6-c5ccccn5)ccc4c4ncccc4n3c2-c2cc(C(C)(C)C)cc(C(C)(C)C)c2)cc(C(C)(C)C)c1.CC(C)(C)c1cc(-c2nc3c4cc(Oc5ccc6c7ccccc7n(-c7ccccn7)c6c5)ccc4c4ncccc4n3c2-c2cc(C(C)(C)C)cc(C(C)(C)C)c2)cc(C(C)(C)C)c1.[Pt+2]. The summed E-state index contributed by atoms with van der Waals surface area (Å²) in [6.07, 6.45) is 7.43. The Labute approximate surface area is 784 Å². The van der Waals surface area contributed by atoms with Crippen molar-refractivity contribution in [3.8, 4) is 79.7 Å². The van der Waals surface area contributed by atoms with Crippen molar-refractivity contribution in [1.29, 1.82) is 0 Å². The molecule has 0 fully saturated rings. The zero-order chi connectivity index (χ0) is 91.6. The van der Waals surface area contributed by atoms with Crippen molar-refractivity contribution < 1.29 is 30.5 Å². The van der Waals surface area contributed by atoms with Crippen LogP contribution in [0.25, 0.3) is 155 Å². The Kier molecular flexibility index (Phi) is 21.9. The summed E-state index contributed by atoms with van der Waals surface area (Å²) in [7, 11) is 0. The number of fused-ring (bicyclic) bond motifs is 18. The first kappa shape index (κ1) is 88.7. The number of hydrogen-bond donors (Lipinski definition) is 0. The second-order valence-corrected chi connectivity index (χ2v) is 43.7. The van der Waals surface area contributed by atoms with Crippen LogP contribution in [0, 0.1) is 12.1 Å². The zero-order valence-electron chi connectivity index (χ0n) is 80.0. The van der Waals surface area contributed by atoms with Gasteiger partial charge in [0.25, 0.3) is 0 Å². The molecule has 10 heterocycles. The van der Waals surface area contributed by atoms with Crippen molar-refractivity contribution >= 4 is 98.5 Å². The molecule has 131 heavy (non-hydrogen) atoms. The van der Waals surface area contributed by atoms with Crippen LogP contribution in [0.5, 0.6) is 23.0 Å². The average molecular weight is 1900 g/mol. The van der Waals surface area contributed by atoms with Crippen molar-refractivity contribution in [2.75, 3.05) is 0 Å². The van der Waals surface area contributed by atoms with Gasteiger partial charge in [-0.1, -0.05) is 267 Å². The minimum Gasteiger partial charge on any atom is -0.503 e. The quantitative estimate of drug-likeness (QED) is 0.0982. The van der Waals surface area contributed by atoms with E-state index >= 15 is 0 Å². The number of aromatic nitrogens is 10. The zero-order valence-corrected chi connectivity index (χ0v) is 82.3.